The van der Waals surface area contributed by atoms with E-state index in [0.717, 1.165) is 12.1 Å². The molecule has 10 heteroatoms. The predicted octanol–water partition coefficient (Wildman–Crippen LogP) is 4.82. The number of nitrogens with one attached hydrogen (secondary N) is 2. The third-order valence-corrected chi connectivity index (χ3v) is 4.88. The maximum Gasteiger partial charge on any atom is 0.416 e. The number of amides is 1. The number of esters is 1. The fraction of sp³-hybridized carbons (Fsp3) is 0.125. The maximum atomic E-state index is 13.0. The summed E-state index contributed by atoms with van der Waals surface area (Å²) < 4.78 is 49.3. The van der Waals surface area contributed by atoms with Gasteiger partial charge in [0.15, 0.2) is 19.0 Å². The lowest BCUT2D eigenvalue weighted by molar-refractivity contribution is -0.137. The Kier molecular flexibility index (Phi) is 6.22. The van der Waals surface area contributed by atoms with Gasteiger partial charge in [0.05, 0.1) is 22.5 Å². The molecule has 174 valence electrons. The Morgan fingerprint density at radius 2 is 1.82 bits per heavy atom. The van der Waals surface area contributed by atoms with E-state index in [1.165, 1.54) is 42.5 Å². The number of para-hydroxylation sites is 1. The van der Waals surface area contributed by atoms with Gasteiger partial charge in [-0.3, -0.25) is 9.59 Å². The van der Waals surface area contributed by atoms with Crippen molar-refractivity contribution < 1.29 is 37.0 Å². The summed E-state index contributed by atoms with van der Waals surface area (Å²) >= 11 is 0. The summed E-state index contributed by atoms with van der Waals surface area (Å²) in [6.45, 7) is -0.698. The number of carbonyl (C=O) groups is 3. The van der Waals surface area contributed by atoms with E-state index in [2.05, 4.69) is 10.6 Å². The molecule has 1 aliphatic heterocycles. The molecule has 0 aliphatic carbocycles. The van der Waals surface area contributed by atoms with E-state index in [-0.39, 0.29) is 35.0 Å². The van der Waals surface area contributed by atoms with E-state index in [9.17, 15) is 27.6 Å². The topological polar surface area (TPSA) is 93.7 Å². The van der Waals surface area contributed by atoms with E-state index in [0.29, 0.717) is 11.4 Å². The highest BCUT2D eigenvalue weighted by molar-refractivity contribution is 6.03. The zero-order chi connectivity index (χ0) is 24.3. The SMILES string of the molecule is O=C1COc2ccc(C(=O)COC(=O)c3ccccc3Nc3cccc(C(F)(F)F)c3)cc2N1. The zero-order valence-corrected chi connectivity index (χ0v) is 17.4. The largest absolute Gasteiger partial charge is 0.482 e. The van der Waals surface area contributed by atoms with Crippen molar-refractivity contribution in [1.29, 1.82) is 0 Å². The average Bonchev–Trinajstić information content (AvgIpc) is 2.82. The molecule has 7 nitrogen and oxygen atoms in total. The summed E-state index contributed by atoms with van der Waals surface area (Å²) in [7, 11) is 0. The van der Waals surface area contributed by atoms with Crippen LogP contribution in [-0.2, 0) is 15.7 Å². The van der Waals surface area contributed by atoms with E-state index in [4.69, 9.17) is 9.47 Å². The summed E-state index contributed by atoms with van der Waals surface area (Å²) in [6, 6.07) is 15.1. The van der Waals surface area contributed by atoms with Crippen molar-refractivity contribution in [2.45, 2.75) is 6.18 Å². The lowest BCUT2D eigenvalue weighted by Gasteiger charge is -2.18. The highest BCUT2D eigenvalue weighted by Crippen LogP contribution is 2.32. The van der Waals surface area contributed by atoms with Crippen molar-refractivity contribution in [3.63, 3.8) is 0 Å². The second-order valence-electron chi connectivity index (χ2n) is 7.30. The number of hydrogen-bond donors (Lipinski definition) is 2. The fourth-order valence-electron chi connectivity index (χ4n) is 3.25. The fourth-order valence-corrected chi connectivity index (χ4v) is 3.25. The van der Waals surface area contributed by atoms with E-state index < -0.39 is 30.1 Å². The molecule has 0 saturated heterocycles. The van der Waals surface area contributed by atoms with Gasteiger partial charge in [-0.25, -0.2) is 4.79 Å². The van der Waals surface area contributed by atoms with Crippen LogP contribution in [0.2, 0.25) is 0 Å². The number of fused-ring (bicyclic) bond motifs is 1. The number of rotatable bonds is 6. The van der Waals surface area contributed by atoms with Crippen LogP contribution in [-0.4, -0.2) is 30.9 Å². The summed E-state index contributed by atoms with van der Waals surface area (Å²) in [6.07, 6.45) is -4.51. The Labute approximate surface area is 191 Å². The number of ether oxygens (including phenoxy) is 2. The molecule has 3 aromatic rings. The molecule has 0 atom stereocenters. The van der Waals surface area contributed by atoms with Gasteiger partial charge in [-0.15, -0.1) is 0 Å². The third-order valence-electron chi connectivity index (χ3n) is 4.88. The van der Waals surface area contributed by atoms with Crippen molar-refractivity contribution >= 4 is 34.7 Å². The molecule has 0 saturated carbocycles. The lowest BCUT2D eigenvalue weighted by Crippen LogP contribution is -2.25. The van der Waals surface area contributed by atoms with Gasteiger partial charge in [0.1, 0.15) is 5.75 Å². The van der Waals surface area contributed by atoms with Crippen LogP contribution < -0.4 is 15.4 Å². The first-order valence-electron chi connectivity index (χ1n) is 10.0. The monoisotopic (exact) mass is 470 g/mol. The normalized spacial score (nSPS) is 12.7. The van der Waals surface area contributed by atoms with Crippen LogP contribution in [0, 0.1) is 0 Å². The number of carbonyl (C=O) groups excluding carboxylic acids is 3. The number of benzene rings is 3. The first-order valence-corrected chi connectivity index (χ1v) is 10.0. The molecule has 0 unspecified atom stereocenters. The van der Waals surface area contributed by atoms with Crippen LogP contribution in [0.15, 0.2) is 66.7 Å². The molecule has 2 N–H and O–H groups in total. The molecule has 1 heterocycles. The number of alkyl halides is 3. The van der Waals surface area contributed by atoms with Crippen LogP contribution in [0.5, 0.6) is 5.75 Å². The quantitative estimate of drug-likeness (QED) is 0.396. The first-order chi connectivity index (χ1) is 16.2. The molecule has 0 bridgehead atoms. The van der Waals surface area contributed by atoms with Gasteiger partial charge in [-0.05, 0) is 48.5 Å². The summed E-state index contributed by atoms with van der Waals surface area (Å²) in [5.74, 6) is -1.28. The highest BCUT2D eigenvalue weighted by Gasteiger charge is 2.30. The van der Waals surface area contributed by atoms with Crippen molar-refractivity contribution in [2.24, 2.45) is 0 Å². The molecule has 0 radical (unpaired) electrons. The molecular weight excluding hydrogens is 453 g/mol. The lowest BCUT2D eigenvalue weighted by atomic mass is 10.1. The van der Waals surface area contributed by atoms with E-state index >= 15 is 0 Å². The third kappa shape index (κ3) is 5.17. The standard InChI is InChI=1S/C24H17F3N2O5/c25-24(26,27)15-4-3-5-16(11-15)28-18-7-2-1-6-17(18)23(32)34-12-20(30)14-8-9-21-19(10-14)29-22(31)13-33-21/h1-11,28H,12-13H2,(H,29,31). The molecule has 0 spiro atoms. The van der Waals surface area contributed by atoms with Crippen molar-refractivity contribution in [1.82, 2.24) is 0 Å². The Morgan fingerprint density at radius 3 is 2.62 bits per heavy atom. The molecule has 1 aliphatic rings. The van der Waals surface area contributed by atoms with Gasteiger partial charge >= 0.3 is 12.1 Å². The number of hydrogen-bond acceptors (Lipinski definition) is 6. The zero-order valence-electron chi connectivity index (χ0n) is 17.4. The van der Waals surface area contributed by atoms with Gasteiger partial charge in [0, 0.05) is 11.3 Å². The maximum absolute atomic E-state index is 13.0. The van der Waals surface area contributed by atoms with E-state index in [1.807, 2.05) is 0 Å². The first kappa shape index (κ1) is 22.8. The van der Waals surface area contributed by atoms with Crippen LogP contribution >= 0.6 is 0 Å². The van der Waals surface area contributed by atoms with Gasteiger partial charge in [-0.2, -0.15) is 13.2 Å². The van der Waals surface area contributed by atoms with Gasteiger partial charge in [0.25, 0.3) is 5.91 Å². The smallest absolute Gasteiger partial charge is 0.416 e. The van der Waals surface area contributed by atoms with Crippen LogP contribution in [0.4, 0.5) is 30.2 Å². The number of halogens is 3. The van der Waals surface area contributed by atoms with Gasteiger partial charge < -0.3 is 20.1 Å². The van der Waals surface area contributed by atoms with Crippen LogP contribution in [0.1, 0.15) is 26.3 Å². The molecule has 4 rings (SSSR count). The molecule has 1 amide bonds. The number of ketones is 1. The summed E-state index contributed by atoms with van der Waals surface area (Å²) in [5.41, 5.74) is 0.0859. The van der Waals surface area contributed by atoms with Crippen LogP contribution in [0.25, 0.3) is 0 Å². The molecule has 0 aromatic heterocycles. The second-order valence-corrected chi connectivity index (χ2v) is 7.30. The Balaban J connectivity index is 1.45. The van der Waals surface area contributed by atoms with Crippen LogP contribution in [0.3, 0.4) is 0 Å². The van der Waals surface area contributed by atoms with Gasteiger partial charge in [0.2, 0.25) is 0 Å². The number of anilines is 3. The minimum atomic E-state index is -4.51. The number of Topliss-reactive ketones (excluding diaryl/α,β-unsaturated/α-hetero) is 1. The Morgan fingerprint density at radius 1 is 1.03 bits per heavy atom. The van der Waals surface area contributed by atoms with Crippen molar-refractivity contribution in [3.8, 4) is 5.75 Å². The Hall–Kier alpha value is -4.34. The minimum Gasteiger partial charge on any atom is -0.482 e. The van der Waals surface area contributed by atoms with E-state index in [1.54, 1.807) is 12.1 Å². The summed E-state index contributed by atoms with van der Waals surface area (Å²) in [4.78, 5) is 36.6. The average molecular weight is 470 g/mol. The summed E-state index contributed by atoms with van der Waals surface area (Å²) in [5, 5.41) is 5.37. The molecule has 34 heavy (non-hydrogen) atoms. The predicted molar refractivity (Wildman–Crippen MR) is 116 cm³/mol. The van der Waals surface area contributed by atoms with Gasteiger partial charge in [-0.1, -0.05) is 18.2 Å². The Bertz CT molecular complexity index is 1270. The molecule has 3 aromatic carbocycles. The van der Waals surface area contributed by atoms with Crippen molar-refractivity contribution in [2.75, 3.05) is 23.8 Å². The molecular formula is C24H17F3N2O5. The highest BCUT2D eigenvalue weighted by atomic mass is 19.4. The molecule has 0 fully saturated rings. The van der Waals surface area contributed by atoms with Crippen molar-refractivity contribution in [3.05, 3.63) is 83.4 Å². The second kappa shape index (κ2) is 9.26. The minimum absolute atomic E-state index is 0.0406.